The van der Waals surface area contributed by atoms with Crippen LogP contribution in [0.3, 0.4) is 0 Å². The van der Waals surface area contributed by atoms with Crippen LogP contribution in [0.4, 0.5) is 5.69 Å². The molecule has 28 heavy (non-hydrogen) atoms. The molecule has 0 aliphatic heterocycles. The Morgan fingerprint density at radius 1 is 1.21 bits per heavy atom. The Morgan fingerprint density at radius 3 is 2.64 bits per heavy atom. The van der Waals surface area contributed by atoms with Crippen LogP contribution < -0.4 is 10.2 Å². The van der Waals surface area contributed by atoms with Crippen LogP contribution in [0.2, 0.25) is 0 Å². The first-order valence-corrected chi connectivity index (χ1v) is 8.79. The van der Waals surface area contributed by atoms with Gasteiger partial charge in [0.15, 0.2) is 0 Å². The molecule has 0 atom stereocenters. The lowest BCUT2D eigenvalue weighted by Gasteiger charge is -2.05. The van der Waals surface area contributed by atoms with Crippen LogP contribution >= 0.6 is 15.9 Å². The molecule has 1 aromatic heterocycles. The molecule has 0 unspecified atom stereocenters. The SMILES string of the molecule is COc1ccc([N+](=O)[O-])cc1-c1ccc(C=NNC(=O)c2ccc(Br)cc2)o1. The molecule has 0 saturated heterocycles. The third-order valence-corrected chi connectivity index (χ3v) is 4.28. The summed E-state index contributed by atoms with van der Waals surface area (Å²) in [6.45, 7) is 0. The fraction of sp³-hybridized carbons (Fsp3) is 0.0526. The summed E-state index contributed by atoms with van der Waals surface area (Å²) in [4.78, 5) is 22.5. The largest absolute Gasteiger partial charge is 0.496 e. The topological polar surface area (TPSA) is 107 Å². The highest BCUT2D eigenvalue weighted by Gasteiger charge is 2.15. The standard InChI is InChI=1S/C19H14BrN3O5/c1-27-17-8-6-14(23(25)26)10-16(17)18-9-7-15(28-18)11-21-22-19(24)12-2-4-13(20)5-3-12/h2-11H,1H3,(H,22,24). The molecule has 142 valence electrons. The molecule has 0 aliphatic carbocycles. The second kappa shape index (κ2) is 8.49. The van der Waals surface area contributed by atoms with Crippen molar-refractivity contribution in [3.63, 3.8) is 0 Å². The Kier molecular flexibility index (Phi) is 5.85. The lowest BCUT2D eigenvalue weighted by atomic mass is 10.1. The number of methoxy groups -OCH3 is 1. The van der Waals surface area contributed by atoms with Crippen molar-refractivity contribution in [2.45, 2.75) is 0 Å². The van der Waals surface area contributed by atoms with E-state index < -0.39 is 4.92 Å². The Bertz CT molecular complexity index is 1040. The number of benzene rings is 2. The van der Waals surface area contributed by atoms with Crippen molar-refractivity contribution in [1.29, 1.82) is 0 Å². The second-order valence-corrected chi connectivity index (χ2v) is 6.47. The van der Waals surface area contributed by atoms with Crippen LogP contribution in [0.5, 0.6) is 5.75 Å². The molecule has 0 aliphatic rings. The summed E-state index contributed by atoms with van der Waals surface area (Å²) in [6.07, 6.45) is 1.34. The quantitative estimate of drug-likeness (QED) is 0.345. The van der Waals surface area contributed by atoms with Crippen LogP contribution in [-0.4, -0.2) is 24.2 Å². The maximum atomic E-state index is 12.0. The van der Waals surface area contributed by atoms with E-state index >= 15 is 0 Å². The molecule has 0 bridgehead atoms. The summed E-state index contributed by atoms with van der Waals surface area (Å²) >= 11 is 3.30. The number of carbonyl (C=O) groups is 1. The second-order valence-electron chi connectivity index (χ2n) is 5.55. The Hall–Kier alpha value is -3.46. The number of nitro groups is 1. The van der Waals surface area contributed by atoms with Gasteiger partial charge in [0.1, 0.15) is 17.3 Å². The van der Waals surface area contributed by atoms with Gasteiger partial charge in [-0.2, -0.15) is 5.10 Å². The van der Waals surface area contributed by atoms with E-state index in [2.05, 4.69) is 26.5 Å². The fourth-order valence-corrected chi connectivity index (χ4v) is 2.65. The molecule has 1 N–H and O–H groups in total. The minimum atomic E-state index is -0.494. The molecule has 0 radical (unpaired) electrons. The van der Waals surface area contributed by atoms with Gasteiger partial charge in [-0.25, -0.2) is 5.43 Å². The highest BCUT2D eigenvalue weighted by atomic mass is 79.9. The number of hydrogen-bond donors (Lipinski definition) is 1. The summed E-state index contributed by atoms with van der Waals surface area (Å²) in [5.41, 5.74) is 3.22. The normalized spacial score (nSPS) is 10.8. The lowest BCUT2D eigenvalue weighted by molar-refractivity contribution is -0.384. The number of nitrogens with zero attached hydrogens (tertiary/aromatic N) is 2. The van der Waals surface area contributed by atoms with E-state index in [4.69, 9.17) is 9.15 Å². The van der Waals surface area contributed by atoms with Gasteiger partial charge in [0, 0.05) is 22.2 Å². The van der Waals surface area contributed by atoms with Crippen LogP contribution in [0.1, 0.15) is 16.1 Å². The minimum absolute atomic E-state index is 0.0795. The number of furan rings is 1. The van der Waals surface area contributed by atoms with E-state index in [1.165, 1.54) is 31.5 Å². The molecular weight excluding hydrogens is 430 g/mol. The highest BCUT2D eigenvalue weighted by Crippen LogP contribution is 2.34. The molecule has 0 fully saturated rings. The average Bonchev–Trinajstić information content (AvgIpc) is 3.16. The maximum absolute atomic E-state index is 12.0. The van der Waals surface area contributed by atoms with Gasteiger partial charge in [0.2, 0.25) is 0 Å². The number of amides is 1. The summed E-state index contributed by atoms with van der Waals surface area (Å²) in [6, 6.07) is 14.3. The molecule has 1 amide bonds. The molecule has 8 nitrogen and oxygen atoms in total. The van der Waals surface area contributed by atoms with Crippen molar-refractivity contribution >= 4 is 33.7 Å². The van der Waals surface area contributed by atoms with Crippen molar-refractivity contribution in [2.24, 2.45) is 5.10 Å². The van der Waals surface area contributed by atoms with E-state index in [1.54, 1.807) is 36.4 Å². The zero-order valence-electron chi connectivity index (χ0n) is 14.6. The number of nitro benzene ring substituents is 1. The van der Waals surface area contributed by atoms with Crippen molar-refractivity contribution in [2.75, 3.05) is 7.11 Å². The van der Waals surface area contributed by atoms with E-state index in [-0.39, 0.29) is 11.6 Å². The summed E-state index contributed by atoms with van der Waals surface area (Å²) in [5.74, 6) is 0.809. The van der Waals surface area contributed by atoms with Crippen LogP contribution in [0, 0.1) is 10.1 Å². The van der Waals surface area contributed by atoms with Crippen molar-refractivity contribution in [3.05, 3.63) is 80.5 Å². The predicted octanol–water partition coefficient (Wildman–Crippen LogP) is 4.39. The van der Waals surface area contributed by atoms with Crippen LogP contribution in [0.15, 0.2) is 68.6 Å². The van der Waals surface area contributed by atoms with Gasteiger partial charge < -0.3 is 9.15 Å². The molecular formula is C19H14BrN3O5. The number of carbonyl (C=O) groups excluding carboxylic acids is 1. The Morgan fingerprint density at radius 2 is 1.96 bits per heavy atom. The fourth-order valence-electron chi connectivity index (χ4n) is 2.39. The van der Waals surface area contributed by atoms with Gasteiger partial charge >= 0.3 is 0 Å². The number of halogens is 1. The van der Waals surface area contributed by atoms with Gasteiger partial charge in [0.25, 0.3) is 11.6 Å². The molecule has 2 aromatic carbocycles. The van der Waals surface area contributed by atoms with Crippen LogP contribution in [0.25, 0.3) is 11.3 Å². The van der Waals surface area contributed by atoms with Gasteiger partial charge in [-0.15, -0.1) is 0 Å². The zero-order valence-corrected chi connectivity index (χ0v) is 16.2. The molecule has 3 rings (SSSR count). The number of nitrogens with one attached hydrogen (secondary N) is 1. The summed E-state index contributed by atoms with van der Waals surface area (Å²) < 4.78 is 11.7. The summed E-state index contributed by atoms with van der Waals surface area (Å²) in [7, 11) is 1.47. The number of ether oxygens (including phenoxy) is 1. The van der Waals surface area contributed by atoms with Gasteiger partial charge in [0.05, 0.1) is 23.8 Å². The third kappa shape index (κ3) is 4.44. The van der Waals surface area contributed by atoms with E-state index in [0.29, 0.717) is 28.4 Å². The first-order valence-electron chi connectivity index (χ1n) is 7.99. The molecule has 0 spiro atoms. The summed E-state index contributed by atoms with van der Waals surface area (Å²) in [5, 5.41) is 14.9. The minimum Gasteiger partial charge on any atom is -0.496 e. The highest BCUT2D eigenvalue weighted by molar-refractivity contribution is 9.10. The Labute approximate surface area is 168 Å². The number of non-ortho nitro benzene ring substituents is 1. The zero-order chi connectivity index (χ0) is 20.1. The maximum Gasteiger partial charge on any atom is 0.271 e. The number of rotatable bonds is 6. The molecule has 3 aromatic rings. The van der Waals surface area contributed by atoms with Gasteiger partial charge in [-0.1, -0.05) is 15.9 Å². The van der Waals surface area contributed by atoms with Crippen LogP contribution in [-0.2, 0) is 0 Å². The molecule has 9 heteroatoms. The van der Waals surface area contributed by atoms with E-state index in [0.717, 1.165) is 4.47 Å². The Balaban J connectivity index is 1.74. The van der Waals surface area contributed by atoms with Crippen molar-refractivity contribution < 1.29 is 18.9 Å². The molecule has 0 saturated carbocycles. The monoisotopic (exact) mass is 443 g/mol. The molecule has 1 heterocycles. The third-order valence-electron chi connectivity index (χ3n) is 3.75. The smallest absolute Gasteiger partial charge is 0.271 e. The number of hydrogen-bond acceptors (Lipinski definition) is 6. The van der Waals surface area contributed by atoms with Gasteiger partial charge in [-0.3, -0.25) is 14.9 Å². The van der Waals surface area contributed by atoms with Gasteiger partial charge in [-0.05, 0) is 42.5 Å². The predicted molar refractivity (Wildman–Crippen MR) is 107 cm³/mol. The first kappa shape index (κ1) is 19.3. The van der Waals surface area contributed by atoms with E-state index in [9.17, 15) is 14.9 Å². The lowest BCUT2D eigenvalue weighted by Crippen LogP contribution is -2.17. The average molecular weight is 444 g/mol. The van der Waals surface area contributed by atoms with Crippen molar-refractivity contribution in [1.82, 2.24) is 5.43 Å². The van der Waals surface area contributed by atoms with E-state index in [1.807, 2.05) is 0 Å². The first-order chi connectivity index (χ1) is 13.5. The number of hydrazone groups is 1. The van der Waals surface area contributed by atoms with Crippen molar-refractivity contribution in [3.8, 4) is 17.1 Å².